The molecule has 2 rings (SSSR count). The van der Waals surface area contributed by atoms with Crippen molar-refractivity contribution < 1.29 is 4.42 Å². The molecule has 0 atom stereocenters. The molecule has 0 aliphatic rings. The molecule has 0 saturated carbocycles. The Morgan fingerprint density at radius 2 is 2.24 bits per heavy atom. The van der Waals surface area contributed by atoms with Crippen LogP contribution >= 0.6 is 0 Å². The molecule has 0 radical (unpaired) electrons. The maximum atomic E-state index is 5.68. The van der Waals surface area contributed by atoms with Crippen LogP contribution in [-0.4, -0.2) is 11.5 Å². The standard InChI is InChI=1S/C14H18N2O/c1-4-15-9-11-5-6-12-13(8-11)17-14(16-12)7-10(2)3/h5-8,15H,4,9H2,1-3H3. The summed E-state index contributed by atoms with van der Waals surface area (Å²) >= 11 is 0. The van der Waals surface area contributed by atoms with Crippen molar-refractivity contribution in [3.05, 3.63) is 35.2 Å². The summed E-state index contributed by atoms with van der Waals surface area (Å²) in [6.07, 6.45) is 1.95. The molecule has 0 spiro atoms. The summed E-state index contributed by atoms with van der Waals surface area (Å²) in [4.78, 5) is 4.41. The van der Waals surface area contributed by atoms with Gasteiger partial charge in [0, 0.05) is 6.54 Å². The van der Waals surface area contributed by atoms with Crippen LogP contribution < -0.4 is 5.32 Å². The van der Waals surface area contributed by atoms with Gasteiger partial charge in [-0.2, -0.15) is 0 Å². The fourth-order valence-electron chi connectivity index (χ4n) is 1.67. The van der Waals surface area contributed by atoms with E-state index < -0.39 is 0 Å². The third kappa shape index (κ3) is 2.94. The molecule has 0 saturated heterocycles. The Kier molecular flexibility index (Phi) is 3.59. The highest BCUT2D eigenvalue weighted by molar-refractivity contribution is 5.74. The minimum atomic E-state index is 0.681. The lowest BCUT2D eigenvalue weighted by Gasteiger charge is -2.00. The Labute approximate surface area is 102 Å². The molecular weight excluding hydrogens is 212 g/mol. The maximum Gasteiger partial charge on any atom is 0.219 e. The highest BCUT2D eigenvalue weighted by Gasteiger charge is 2.04. The van der Waals surface area contributed by atoms with E-state index in [1.54, 1.807) is 0 Å². The number of rotatable bonds is 4. The summed E-state index contributed by atoms with van der Waals surface area (Å²) in [5.41, 5.74) is 4.18. The van der Waals surface area contributed by atoms with Crippen LogP contribution in [0.1, 0.15) is 32.2 Å². The third-order valence-corrected chi connectivity index (χ3v) is 2.46. The van der Waals surface area contributed by atoms with Gasteiger partial charge in [0.05, 0.1) is 0 Å². The lowest BCUT2D eigenvalue weighted by atomic mass is 10.2. The lowest BCUT2D eigenvalue weighted by Crippen LogP contribution is -2.11. The molecule has 0 amide bonds. The molecule has 0 fully saturated rings. The van der Waals surface area contributed by atoms with E-state index in [2.05, 4.69) is 23.3 Å². The van der Waals surface area contributed by atoms with Gasteiger partial charge in [-0.3, -0.25) is 0 Å². The van der Waals surface area contributed by atoms with Crippen LogP contribution in [0.4, 0.5) is 0 Å². The molecule has 90 valence electrons. The number of aromatic nitrogens is 1. The van der Waals surface area contributed by atoms with Crippen LogP contribution in [0.2, 0.25) is 0 Å². The van der Waals surface area contributed by atoms with E-state index in [9.17, 15) is 0 Å². The van der Waals surface area contributed by atoms with Crippen molar-refractivity contribution in [2.45, 2.75) is 27.3 Å². The smallest absolute Gasteiger partial charge is 0.219 e. The fourth-order valence-corrected chi connectivity index (χ4v) is 1.67. The molecule has 1 aromatic carbocycles. The van der Waals surface area contributed by atoms with Gasteiger partial charge >= 0.3 is 0 Å². The van der Waals surface area contributed by atoms with Crippen LogP contribution in [0, 0.1) is 0 Å². The van der Waals surface area contributed by atoms with Gasteiger partial charge in [0.15, 0.2) is 5.58 Å². The number of nitrogens with zero attached hydrogens (tertiary/aromatic N) is 1. The van der Waals surface area contributed by atoms with Crippen molar-refractivity contribution in [1.29, 1.82) is 0 Å². The molecule has 1 aromatic heterocycles. The molecule has 3 nitrogen and oxygen atoms in total. The molecule has 0 bridgehead atoms. The zero-order chi connectivity index (χ0) is 12.3. The van der Waals surface area contributed by atoms with Gasteiger partial charge in [0.2, 0.25) is 5.89 Å². The predicted molar refractivity (Wildman–Crippen MR) is 70.7 cm³/mol. The van der Waals surface area contributed by atoms with E-state index in [-0.39, 0.29) is 0 Å². The highest BCUT2D eigenvalue weighted by Crippen LogP contribution is 2.18. The van der Waals surface area contributed by atoms with E-state index in [1.165, 1.54) is 11.1 Å². The van der Waals surface area contributed by atoms with E-state index in [0.29, 0.717) is 5.89 Å². The molecule has 1 N–H and O–H groups in total. The SMILES string of the molecule is CCNCc1ccc2nc(C=C(C)C)oc2c1. The molecule has 2 aromatic rings. The molecular formula is C14H18N2O. The van der Waals surface area contributed by atoms with Crippen molar-refractivity contribution in [1.82, 2.24) is 10.3 Å². The number of benzene rings is 1. The van der Waals surface area contributed by atoms with Crippen LogP contribution in [0.25, 0.3) is 17.2 Å². The average molecular weight is 230 g/mol. The monoisotopic (exact) mass is 230 g/mol. The molecule has 3 heteroatoms. The third-order valence-electron chi connectivity index (χ3n) is 2.46. The number of hydrogen-bond acceptors (Lipinski definition) is 3. The zero-order valence-electron chi connectivity index (χ0n) is 10.6. The van der Waals surface area contributed by atoms with Crippen LogP contribution in [-0.2, 0) is 6.54 Å². The second-order valence-corrected chi connectivity index (χ2v) is 4.36. The Morgan fingerprint density at radius 1 is 1.41 bits per heavy atom. The average Bonchev–Trinajstić information content (AvgIpc) is 2.66. The number of allylic oxidation sites excluding steroid dienone is 1. The predicted octanol–water partition coefficient (Wildman–Crippen LogP) is 3.36. The number of fused-ring (bicyclic) bond motifs is 1. The number of oxazole rings is 1. The normalized spacial score (nSPS) is 10.8. The van der Waals surface area contributed by atoms with Gasteiger partial charge in [-0.15, -0.1) is 0 Å². The second kappa shape index (κ2) is 5.15. The Morgan fingerprint density at radius 3 is 2.94 bits per heavy atom. The summed E-state index contributed by atoms with van der Waals surface area (Å²) in [5, 5.41) is 3.29. The van der Waals surface area contributed by atoms with E-state index in [0.717, 1.165) is 24.2 Å². The summed E-state index contributed by atoms with van der Waals surface area (Å²) in [5.74, 6) is 0.681. The zero-order valence-corrected chi connectivity index (χ0v) is 10.6. The van der Waals surface area contributed by atoms with Crippen LogP contribution in [0.15, 0.2) is 28.2 Å². The van der Waals surface area contributed by atoms with E-state index in [1.807, 2.05) is 32.1 Å². The highest BCUT2D eigenvalue weighted by atomic mass is 16.3. The number of nitrogens with one attached hydrogen (secondary N) is 1. The van der Waals surface area contributed by atoms with Gasteiger partial charge in [0.25, 0.3) is 0 Å². The molecule has 0 aliphatic carbocycles. The fraction of sp³-hybridized carbons (Fsp3) is 0.357. The van der Waals surface area contributed by atoms with Gasteiger partial charge in [-0.05, 0) is 44.2 Å². The quantitative estimate of drug-likeness (QED) is 0.875. The minimum absolute atomic E-state index is 0.681. The first-order valence-electron chi connectivity index (χ1n) is 5.94. The molecule has 0 unspecified atom stereocenters. The van der Waals surface area contributed by atoms with Crippen molar-refractivity contribution in [3.63, 3.8) is 0 Å². The van der Waals surface area contributed by atoms with E-state index in [4.69, 9.17) is 4.42 Å². The second-order valence-electron chi connectivity index (χ2n) is 4.36. The first-order valence-corrected chi connectivity index (χ1v) is 5.94. The summed E-state index contributed by atoms with van der Waals surface area (Å²) in [6, 6.07) is 6.14. The molecule has 1 heterocycles. The van der Waals surface area contributed by atoms with Gasteiger partial charge in [-0.1, -0.05) is 18.6 Å². The van der Waals surface area contributed by atoms with Crippen molar-refractivity contribution in [2.75, 3.05) is 6.54 Å². The Hall–Kier alpha value is -1.61. The summed E-state index contributed by atoms with van der Waals surface area (Å²) < 4.78 is 5.68. The van der Waals surface area contributed by atoms with Crippen LogP contribution in [0.3, 0.4) is 0 Å². The first kappa shape index (κ1) is 11.9. The van der Waals surface area contributed by atoms with Gasteiger partial charge in [0.1, 0.15) is 5.52 Å². The summed E-state index contributed by atoms with van der Waals surface area (Å²) in [7, 11) is 0. The number of hydrogen-bond donors (Lipinski definition) is 1. The largest absolute Gasteiger partial charge is 0.437 e. The van der Waals surface area contributed by atoms with E-state index >= 15 is 0 Å². The summed E-state index contributed by atoms with van der Waals surface area (Å²) in [6.45, 7) is 8.00. The van der Waals surface area contributed by atoms with Gasteiger partial charge < -0.3 is 9.73 Å². The topological polar surface area (TPSA) is 38.1 Å². The lowest BCUT2D eigenvalue weighted by molar-refractivity contribution is 0.588. The first-order chi connectivity index (χ1) is 8.19. The Balaban J connectivity index is 2.31. The maximum absolute atomic E-state index is 5.68. The minimum Gasteiger partial charge on any atom is -0.437 e. The van der Waals surface area contributed by atoms with Crippen molar-refractivity contribution in [2.24, 2.45) is 0 Å². The molecule has 0 aliphatic heterocycles. The van der Waals surface area contributed by atoms with Crippen molar-refractivity contribution in [3.8, 4) is 0 Å². The molecule has 17 heavy (non-hydrogen) atoms. The Bertz CT molecular complexity index is 536. The van der Waals surface area contributed by atoms with Crippen molar-refractivity contribution >= 4 is 17.2 Å². The van der Waals surface area contributed by atoms with Crippen LogP contribution in [0.5, 0.6) is 0 Å². The van der Waals surface area contributed by atoms with Gasteiger partial charge in [-0.25, -0.2) is 4.98 Å².